The summed E-state index contributed by atoms with van der Waals surface area (Å²) in [7, 11) is 1.90. The number of hydrogen-bond acceptors (Lipinski definition) is 5. The van der Waals surface area contributed by atoms with E-state index < -0.39 is 0 Å². The quantitative estimate of drug-likeness (QED) is 0.618. The van der Waals surface area contributed by atoms with E-state index in [0.29, 0.717) is 24.5 Å². The number of ether oxygens (including phenoxy) is 1. The molecule has 0 aliphatic carbocycles. The Kier molecular flexibility index (Phi) is 5.90. The highest BCUT2D eigenvalue weighted by Gasteiger charge is 2.10. The molecule has 0 saturated heterocycles. The molecule has 1 aromatic carbocycles. The first-order chi connectivity index (χ1) is 13.0. The molecule has 0 fully saturated rings. The van der Waals surface area contributed by atoms with Gasteiger partial charge in [-0.25, -0.2) is 0 Å². The Labute approximate surface area is 158 Å². The monoisotopic (exact) mass is 368 g/mol. The van der Waals surface area contributed by atoms with Crippen molar-refractivity contribution in [3.63, 3.8) is 0 Å². The molecule has 3 aromatic rings. The van der Waals surface area contributed by atoms with E-state index in [1.54, 1.807) is 28.9 Å². The van der Waals surface area contributed by atoms with Gasteiger partial charge in [0.05, 0.1) is 17.5 Å². The van der Waals surface area contributed by atoms with Crippen molar-refractivity contribution >= 4 is 5.91 Å². The van der Waals surface area contributed by atoms with Gasteiger partial charge in [-0.2, -0.15) is 5.10 Å². The van der Waals surface area contributed by atoms with Crippen molar-refractivity contribution in [3.05, 3.63) is 64.8 Å². The molecule has 0 atom stereocenters. The summed E-state index contributed by atoms with van der Waals surface area (Å²) < 4.78 is 12.7. The molecule has 1 amide bonds. The van der Waals surface area contributed by atoms with E-state index in [2.05, 4.69) is 15.6 Å². The summed E-state index contributed by atoms with van der Waals surface area (Å²) in [6.45, 7) is 4.76. The summed E-state index contributed by atoms with van der Waals surface area (Å²) in [6, 6.07) is 7.11. The summed E-state index contributed by atoms with van der Waals surface area (Å²) >= 11 is 0. The number of amides is 1. The lowest BCUT2D eigenvalue weighted by Crippen LogP contribution is -2.24. The minimum absolute atomic E-state index is 0.0848. The molecule has 27 heavy (non-hydrogen) atoms. The molecule has 0 radical (unpaired) electrons. The van der Waals surface area contributed by atoms with Gasteiger partial charge in [0.15, 0.2) is 0 Å². The van der Waals surface area contributed by atoms with Crippen LogP contribution in [0.4, 0.5) is 0 Å². The van der Waals surface area contributed by atoms with Crippen LogP contribution in [-0.4, -0.2) is 27.4 Å². The number of aromatic nitrogens is 3. The van der Waals surface area contributed by atoms with E-state index in [1.165, 1.54) is 5.56 Å². The van der Waals surface area contributed by atoms with Crippen molar-refractivity contribution in [2.75, 3.05) is 6.54 Å². The topological polar surface area (TPSA) is 82.2 Å². The maximum atomic E-state index is 12.2. The van der Waals surface area contributed by atoms with E-state index in [4.69, 9.17) is 9.26 Å². The number of nitrogens with one attached hydrogen (secondary N) is 1. The number of aryl methyl sites for hydroxylation is 4. The van der Waals surface area contributed by atoms with E-state index in [-0.39, 0.29) is 5.91 Å². The van der Waals surface area contributed by atoms with Crippen molar-refractivity contribution in [2.45, 2.75) is 33.3 Å². The van der Waals surface area contributed by atoms with Crippen molar-refractivity contribution in [1.29, 1.82) is 0 Å². The highest BCUT2D eigenvalue weighted by atomic mass is 16.5. The third-order valence-corrected chi connectivity index (χ3v) is 4.37. The normalized spacial score (nSPS) is 10.8. The van der Waals surface area contributed by atoms with Crippen LogP contribution in [0.5, 0.6) is 5.75 Å². The van der Waals surface area contributed by atoms with Crippen LogP contribution in [-0.2, 0) is 20.1 Å². The molecular weight excluding hydrogens is 344 g/mol. The molecule has 0 bridgehead atoms. The van der Waals surface area contributed by atoms with E-state index in [9.17, 15) is 4.79 Å². The third-order valence-electron chi connectivity index (χ3n) is 4.37. The van der Waals surface area contributed by atoms with Crippen molar-refractivity contribution in [1.82, 2.24) is 20.3 Å². The van der Waals surface area contributed by atoms with Crippen LogP contribution in [0.1, 0.15) is 39.4 Å². The minimum Gasteiger partial charge on any atom is -0.489 e. The van der Waals surface area contributed by atoms with Crippen LogP contribution < -0.4 is 10.1 Å². The Morgan fingerprint density at radius 3 is 2.67 bits per heavy atom. The molecular formula is C20H24N4O3. The molecule has 1 N–H and O–H groups in total. The summed E-state index contributed by atoms with van der Waals surface area (Å²) in [5, 5.41) is 11.0. The van der Waals surface area contributed by atoms with Gasteiger partial charge in [-0.05, 0) is 56.5 Å². The molecule has 2 heterocycles. The Morgan fingerprint density at radius 1 is 1.26 bits per heavy atom. The summed E-state index contributed by atoms with van der Waals surface area (Å²) in [6.07, 6.45) is 5.60. The van der Waals surface area contributed by atoms with Crippen molar-refractivity contribution < 1.29 is 14.1 Å². The van der Waals surface area contributed by atoms with Gasteiger partial charge in [-0.1, -0.05) is 5.16 Å². The van der Waals surface area contributed by atoms with Crippen LogP contribution >= 0.6 is 0 Å². The van der Waals surface area contributed by atoms with Gasteiger partial charge in [-0.3, -0.25) is 9.48 Å². The van der Waals surface area contributed by atoms with Crippen molar-refractivity contribution in [2.24, 2.45) is 7.05 Å². The lowest BCUT2D eigenvalue weighted by atomic mass is 10.2. The van der Waals surface area contributed by atoms with Gasteiger partial charge < -0.3 is 14.6 Å². The summed E-state index contributed by atoms with van der Waals surface area (Å²) in [5.41, 5.74) is 3.56. The number of benzene rings is 1. The fraction of sp³-hybridized carbons (Fsp3) is 0.350. The zero-order valence-electron chi connectivity index (χ0n) is 15.9. The maximum absolute atomic E-state index is 12.2. The van der Waals surface area contributed by atoms with Crippen LogP contribution in [0.2, 0.25) is 0 Å². The second-order valence-corrected chi connectivity index (χ2v) is 6.50. The lowest BCUT2D eigenvalue weighted by Gasteiger charge is -2.08. The van der Waals surface area contributed by atoms with Gasteiger partial charge in [-0.15, -0.1) is 0 Å². The van der Waals surface area contributed by atoms with Gasteiger partial charge in [0.25, 0.3) is 5.91 Å². The molecule has 0 aliphatic rings. The fourth-order valence-electron chi connectivity index (χ4n) is 2.76. The highest BCUT2D eigenvalue weighted by molar-refractivity contribution is 5.94. The van der Waals surface area contributed by atoms with Gasteiger partial charge in [0.2, 0.25) is 0 Å². The Morgan fingerprint density at radius 2 is 2.04 bits per heavy atom. The van der Waals surface area contributed by atoms with Gasteiger partial charge in [0, 0.05) is 25.4 Å². The average Bonchev–Trinajstić information content (AvgIpc) is 3.22. The van der Waals surface area contributed by atoms with Crippen LogP contribution in [0, 0.1) is 13.8 Å². The molecule has 0 spiro atoms. The Hall–Kier alpha value is -3.09. The van der Waals surface area contributed by atoms with Crippen molar-refractivity contribution in [3.8, 4) is 5.75 Å². The molecule has 7 nitrogen and oxygen atoms in total. The molecule has 0 aliphatic heterocycles. The number of carbonyl (C=O) groups excluding carboxylic acids is 1. The molecule has 0 unspecified atom stereocenters. The van der Waals surface area contributed by atoms with Crippen LogP contribution in [0.25, 0.3) is 0 Å². The highest BCUT2D eigenvalue weighted by Crippen LogP contribution is 2.18. The predicted octanol–water partition coefficient (Wildman–Crippen LogP) is 2.97. The largest absolute Gasteiger partial charge is 0.489 e. The standard InChI is InChI=1S/C20H24N4O3/c1-14-19(15(2)27-23-14)13-26-18-8-6-17(7-9-18)20(25)21-10-4-5-16-11-22-24(3)12-16/h6-9,11-12H,4-5,10,13H2,1-3H3,(H,21,25). The molecule has 7 heteroatoms. The molecule has 0 saturated carbocycles. The molecule has 2 aromatic heterocycles. The second-order valence-electron chi connectivity index (χ2n) is 6.50. The average molecular weight is 368 g/mol. The lowest BCUT2D eigenvalue weighted by molar-refractivity contribution is 0.0953. The molecule has 3 rings (SSSR count). The first-order valence-corrected chi connectivity index (χ1v) is 8.93. The number of hydrogen-bond donors (Lipinski definition) is 1. The summed E-state index contributed by atoms with van der Waals surface area (Å²) in [4.78, 5) is 12.2. The molecule has 142 valence electrons. The zero-order chi connectivity index (χ0) is 19.2. The fourth-order valence-corrected chi connectivity index (χ4v) is 2.76. The number of nitrogens with zero attached hydrogens (tertiary/aromatic N) is 3. The van der Waals surface area contributed by atoms with Crippen LogP contribution in [0.15, 0.2) is 41.2 Å². The second kappa shape index (κ2) is 8.53. The minimum atomic E-state index is -0.0848. The Balaban J connectivity index is 1.44. The number of carbonyl (C=O) groups is 1. The SMILES string of the molecule is Cc1noc(C)c1COc1ccc(C(=O)NCCCc2cnn(C)c2)cc1. The maximum Gasteiger partial charge on any atom is 0.251 e. The van der Waals surface area contributed by atoms with E-state index in [0.717, 1.165) is 29.9 Å². The first kappa shape index (κ1) is 18.7. The van der Waals surface area contributed by atoms with Crippen LogP contribution in [0.3, 0.4) is 0 Å². The smallest absolute Gasteiger partial charge is 0.251 e. The van der Waals surface area contributed by atoms with Gasteiger partial charge in [0.1, 0.15) is 18.1 Å². The van der Waals surface area contributed by atoms with E-state index >= 15 is 0 Å². The number of rotatable bonds is 8. The van der Waals surface area contributed by atoms with Gasteiger partial charge >= 0.3 is 0 Å². The first-order valence-electron chi connectivity index (χ1n) is 8.93. The zero-order valence-corrected chi connectivity index (χ0v) is 15.9. The summed E-state index contributed by atoms with van der Waals surface area (Å²) in [5.74, 6) is 1.37. The Bertz CT molecular complexity index is 877. The predicted molar refractivity (Wildman–Crippen MR) is 101 cm³/mol. The third kappa shape index (κ3) is 4.97. The van der Waals surface area contributed by atoms with E-state index in [1.807, 2.05) is 33.3 Å².